The lowest BCUT2D eigenvalue weighted by molar-refractivity contribution is 0.0668. The fraction of sp³-hybridized carbons (Fsp3) is 0.370. The average Bonchev–Trinajstić information content (AvgIpc) is 3.47. The molecule has 2 aromatic carbocycles. The number of likely N-dealkylation sites (tertiary alicyclic amines) is 1. The number of nitrogens with zero attached hydrogens (tertiary/aromatic N) is 2. The highest BCUT2D eigenvalue weighted by atomic mass is 32.1. The Kier molecular flexibility index (Phi) is 7.46. The zero-order valence-corrected chi connectivity index (χ0v) is 20.2. The van der Waals surface area contributed by atoms with Gasteiger partial charge in [-0.25, -0.2) is 4.39 Å². The van der Waals surface area contributed by atoms with Crippen LogP contribution in [0.4, 0.5) is 4.39 Å². The van der Waals surface area contributed by atoms with Gasteiger partial charge in [0.25, 0.3) is 5.91 Å². The van der Waals surface area contributed by atoms with Crippen molar-refractivity contribution in [2.24, 2.45) is 5.92 Å². The van der Waals surface area contributed by atoms with Crippen LogP contribution in [0.5, 0.6) is 5.75 Å². The van der Waals surface area contributed by atoms with E-state index in [0.717, 1.165) is 30.9 Å². The van der Waals surface area contributed by atoms with Crippen molar-refractivity contribution in [2.45, 2.75) is 32.4 Å². The van der Waals surface area contributed by atoms with Crippen molar-refractivity contribution in [3.63, 3.8) is 0 Å². The summed E-state index contributed by atoms with van der Waals surface area (Å²) in [7, 11) is 1.62. The maximum Gasteiger partial charge on any atom is 0.254 e. The molecule has 2 atom stereocenters. The Balaban J connectivity index is 1.56. The molecule has 174 valence electrons. The summed E-state index contributed by atoms with van der Waals surface area (Å²) in [6.07, 6.45) is 0. The molecule has 0 bridgehead atoms. The minimum Gasteiger partial charge on any atom is -0.497 e. The average molecular weight is 467 g/mol. The van der Waals surface area contributed by atoms with Crippen molar-refractivity contribution in [1.82, 2.24) is 9.80 Å². The van der Waals surface area contributed by atoms with Gasteiger partial charge in [-0.15, -0.1) is 11.3 Å². The lowest BCUT2D eigenvalue weighted by Gasteiger charge is -2.32. The molecule has 1 amide bonds. The molecule has 0 aliphatic carbocycles. The molecule has 0 saturated carbocycles. The summed E-state index contributed by atoms with van der Waals surface area (Å²) in [5.74, 6) is 0.927. The predicted molar refractivity (Wildman–Crippen MR) is 131 cm³/mol. The van der Waals surface area contributed by atoms with Gasteiger partial charge in [0.05, 0.1) is 7.11 Å². The van der Waals surface area contributed by atoms with E-state index < -0.39 is 0 Å². The number of carbonyl (C=O) groups excluding carboxylic acids is 1. The monoisotopic (exact) mass is 466 g/mol. The second kappa shape index (κ2) is 10.5. The highest BCUT2D eigenvalue weighted by molar-refractivity contribution is 7.09. The Bertz CT molecular complexity index is 1050. The number of ether oxygens (including phenoxy) is 1. The van der Waals surface area contributed by atoms with E-state index in [0.29, 0.717) is 12.1 Å². The minimum absolute atomic E-state index is 0.0161. The summed E-state index contributed by atoms with van der Waals surface area (Å²) in [6.45, 7) is 7.35. The van der Waals surface area contributed by atoms with Gasteiger partial charge in [0.1, 0.15) is 11.6 Å². The first-order valence-corrected chi connectivity index (χ1v) is 12.3. The topological polar surface area (TPSA) is 32.8 Å². The summed E-state index contributed by atoms with van der Waals surface area (Å²) >= 11 is 1.76. The van der Waals surface area contributed by atoms with Crippen LogP contribution in [0.15, 0.2) is 66.0 Å². The van der Waals surface area contributed by atoms with Crippen LogP contribution < -0.4 is 4.74 Å². The summed E-state index contributed by atoms with van der Waals surface area (Å²) in [5, 5.41) is 2.10. The smallest absolute Gasteiger partial charge is 0.254 e. The maximum atomic E-state index is 14.1. The highest BCUT2D eigenvalue weighted by Crippen LogP contribution is 2.35. The van der Waals surface area contributed by atoms with Crippen LogP contribution >= 0.6 is 11.3 Å². The Hall–Kier alpha value is -2.70. The third-order valence-electron chi connectivity index (χ3n) is 6.41. The van der Waals surface area contributed by atoms with E-state index in [1.807, 2.05) is 35.2 Å². The van der Waals surface area contributed by atoms with E-state index in [2.05, 4.69) is 36.3 Å². The molecule has 1 aromatic heterocycles. The van der Waals surface area contributed by atoms with E-state index in [1.54, 1.807) is 30.6 Å². The van der Waals surface area contributed by atoms with Crippen molar-refractivity contribution in [3.8, 4) is 5.75 Å². The van der Waals surface area contributed by atoms with Gasteiger partial charge in [0.15, 0.2) is 0 Å². The van der Waals surface area contributed by atoms with E-state index in [9.17, 15) is 9.18 Å². The Morgan fingerprint density at radius 2 is 1.94 bits per heavy atom. The van der Waals surface area contributed by atoms with Crippen LogP contribution in [0.2, 0.25) is 0 Å². The molecule has 2 heterocycles. The van der Waals surface area contributed by atoms with Gasteiger partial charge in [-0.1, -0.05) is 18.2 Å². The Morgan fingerprint density at radius 3 is 2.58 bits per heavy atom. The molecule has 4 nitrogen and oxygen atoms in total. The third kappa shape index (κ3) is 5.63. The van der Waals surface area contributed by atoms with Crippen LogP contribution in [-0.4, -0.2) is 48.5 Å². The number of hydrogen-bond donors (Lipinski definition) is 0. The zero-order chi connectivity index (χ0) is 23.4. The molecule has 0 N–H and O–H groups in total. The molecule has 33 heavy (non-hydrogen) atoms. The first kappa shape index (κ1) is 23.5. The van der Waals surface area contributed by atoms with Gasteiger partial charge < -0.3 is 9.64 Å². The summed E-state index contributed by atoms with van der Waals surface area (Å²) in [4.78, 5) is 19.1. The molecule has 1 saturated heterocycles. The van der Waals surface area contributed by atoms with E-state index in [-0.39, 0.29) is 29.6 Å². The molecule has 3 aromatic rings. The van der Waals surface area contributed by atoms with Gasteiger partial charge in [-0.05, 0) is 73.2 Å². The van der Waals surface area contributed by atoms with Crippen molar-refractivity contribution < 1.29 is 13.9 Å². The van der Waals surface area contributed by atoms with Crippen molar-refractivity contribution in [2.75, 3.05) is 26.7 Å². The number of halogens is 1. The van der Waals surface area contributed by atoms with E-state index >= 15 is 0 Å². The highest BCUT2D eigenvalue weighted by Gasteiger charge is 2.36. The second-order valence-corrected chi connectivity index (χ2v) is 10.0. The van der Waals surface area contributed by atoms with Crippen LogP contribution in [0, 0.1) is 11.7 Å². The maximum absolute atomic E-state index is 14.1. The molecule has 1 fully saturated rings. The molecule has 0 radical (unpaired) electrons. The zero-order valence-electron chi connectivity index (χ0n) is 19.4. The van der Waals surface area contributed by atoms with Gasteiger partial charge >= 0.3 is 0 Å². The largest absolute Gasteiger partial charge is 0.497 e. The number of methoxy groups -OCH3 is 1. The van der Waals surface area contributed by atoms with Crippen LogP contribution in [-0.2, 0) is 6.54 Å². The first-order valence-electron chi connectivity index (χ1n) is 11.4. The van der Waals surface area contributed by atoms with Crippen LogP contribution in [0.3, 0.4) is 0 Å². The SMILES string of the molecule is COc1ccc(C(=O)N(CC2CN(Cc3cccs3)CC2c2cccc(F)c2)C(C)C)cc1. The molecule has 4 rings (SSSR count). The van der Waals surface area contributed by atoms with Crippen molar-refractivity contribution in [1.29, 1.82) is 0 Å². The number of benzene rings is 2. The number of hydrogen-bond acceptors (Lipinski definition) is 4. The summed E-state index contributed by atoms with van der Waals surface area (Å²) in [5.41, 5.74) is 1.66. The number of carbonyl (C=O) groups is 1. The first-order chi connectivity index (χ1) is 15.9. The molecular weight excluding hydrogens is 435 g/mol. The number of thiophene rings is 1. The van der Waals surface area contributed by atoms with Crippen LogP contribution in [0.1, 0.15) is 40.6 Å². The van der Waals surface area contributed by atoms with Crippen LogP contribution in [0.25, 0.3) is 0 Å². The standard InChI is InChI=1S/C27H31FN2O2S/c1-19(2)30(27(31)20-9-11-24(32-3)12-10-20)16-22-15-29(17-25-8-5-13-33-25)18-26(22)21-6-4-7-23(28)14-21/h4-14,19,22,26H,15-18H2,1-3H3. The Labute approximate surface area is 199 Å². The fourth-order valence-corrected chi connectivity index (χ4v) is 5.44. The lowest BCUT2D eigenvalue weighted by Crippen LogP contribution is -2.42. The van der Waals surface area contributed by atoms with Gasteiger partial charge in [-0.2, -0.15) is 0 Å². The molecule has 2 unspecified atom stereocenters. The number of rotatable bonds is 8. The van der Waals surface area contributed by atoms with E-state index in [4.69, 9.17) is 4.74 Å². The normalized spacial score (nSPS) is 18.6. The van der Waals surface area contributed by atoms with E-state index in [1.165, 1.54) is 10.9 Å². The van der Waals surface area contributed by atoms with Gasteiger partial charge in [0.2, 0.25) is 0 Å². The second-order valence-electron chi connectivity index (χ2n) is 8.97. The summed E-state index contributed by atoms with van der Waals surface area (Å²) in [6, 6.07) is 18.5. The molecule has 1 aliphatic heterocycles. The van der Waals surface area contributed by atoms with Crippen molar-refractivity contribution in [3.05, 3.63) is 87.9 Å². The van der Waals surface area contributed by atoms with Gasteiger partial charge in [-0.3, -0.25) is 9.69 Å². The van der Waals surface area contributed by atoms with Gasteiger partial charge in [0, 0.05) is 48.6 Å². The Morgan fingerprint density at radius 1 is 1.15 bits per heavy atom. The van der Waals surface area contributed by atoms with Crippen molar-refractivity contribution >= 4 is 17.2 Å². The summed E-state index contributed by atoms with van der Waals surface area (Å²) < 4.78 is 19.3. The minimum atomic E-state index is -0.210. The molecule has 6 heteroatoms. The molecular formula is C27H31FN2O2S. The molecule has 0 spiro atoms. The quantitative estimate of drug-likeness (QED) is 0.429. The lowest BCUT2D eigenvalue weighted by atomic mass is 9.88. The molecule has 1 aliphatic rings. The predicted octanol–water partition coefficient (Wildman–Crippen LogP) is 5.66. The third-order valence-corrected chi connectivity index (χ3v) is 7.27. The number of amides is 1. The fourth-order valence-electron chi connectivity index (χ4n) is 4.69.